The number of carbonyl (C=O) groups is 1. The predicted octanol–water partition coefficient (Wildman–Crippen LogP) is 2.04. The van der Waals surface area contributed by atoms with Gasteiger partial charge in [-0.15, -0.1) is 0 Å². The molecule has 0 aromatic carbocycles. The lowest BCUT2D eigenvalue weighted by Crippen LogP contribution is -2.20. The van der Waals surface area contributed by atoms with Crippen molar-refractivity contribution in [3.05, 3.63) is 17.5 Å². The normalized spacial score (nSPS) is 16.5. The summed E-state index contributed by atoms with van der Waals surface area (Å²) in [5.41, 5.74) is 0.661. The van der Waals surface area contributed by atoms with Gasteiger partial charge in [0.15, 0.2) is 0 Å². The summed E-state index contributed by atoms with van der Waals surface area (Å²) in [4.78, 5) is 19.0. The summed E-state index contributed by atoms with van der Waals surface area (Å²) in [6.07, 6.45) is 3.82. The summed E-state index contributed by atoms with van der Waals surface area (Å²) in [6, 6.07) is 0. The van der Waals surface area contributed by atoms with Gasteiger partial charge < -0.3 is 10.4 Å². The van der Waals surface area contributed by atoms with E-state index in [2.05, 4.69) is 15.3 Å². The van der Waals surface area contributed by atoms with E-state index >= 15 is 0 Å². The van der Waals surface area contributed by atoms with E-state index in [0.29, 0.717) is 17.6 Å². The van der Waals surface area contributed by atoms with E-state index in [1.165, 1.54) is 30.5 Å². The Labute approximate surface area is 110 Å². The third-order valence-electron chi connectivity index (χ3n) is 3.10. The third-order valence-corrected chi connectivity index (χ3v) is 4.15. The van der Waals surface area contributed by atoms with Gasteiger partial charge in [0, 0.05) is 12.7 Å². The molecule has 0 bridgehead atoms. The molecule has 0 amide bonds. The zero-order valence-corrected chi connectivity index (χ0v) is 11.2. The van der Waals surface area contributed by atoms with Crippen molar-refractivity contribution < 1.29 is 9.90 Å². The number of aromatic nitrogens is 2. The molecule has 1 aliphatic heterocycles. The number of carboxylic acid groups (broad SMARTS) is 1. The van der Waals surface area contributed by atoms with Crippen molar-refractivity contribution >= 4 is 23.7 Å². The Balaban J connectivity index is 1.93. The van der Waals surface area contributed by atoms with Crippen LogP contribution in [0.2, 0.25) is 0 Å². The number of aromatic carboxylic acids is 1. The molecule has 0 radical (unpaired) electrons. The first-order chi connectivity index (χ1) is 8.66. The number of hydrogen-bond donors (Lipinski definition) is 2. The van der Waals surface area contributed by atoms with Crippen LogP contribution in [0.1, 0.15) is 28.9 Å². The average molecular weight is 267 g/mol. The summed E-state index contributed by atoms with van der Waals surface area (Å²) in [7, 11) is 0. The first-order valence-corrected chi connectivity index (χ1v) is 7.21. The number of hydrogen-bond acceptors (Lipinski definition) is 5. The van der Waals surface area contributed by atoms with Gasteiger partial charge in [0.1, 0.15) is 0 Å². The van der Waals surface area contributed by atoms with Gasteiger partial charge in [0.05, 0.1) is 11.3 Å². The molecule has 0 atom stereocenters. The Kier molecular flexibility index (Phi) is 4.41. The van der Waals surface area contributed by atoms with Gasteiger partial charge in [-0.05, 0) is 37.2 Å². The van der Waals surface area contributed by atoms with E-state index in [4.69, 9.17) is 5.11 Å². The number of carboxylic acids is 1. The van der Waals surface area contributed by atoms with E-state index in [9.17, 15) is 4.79 Å². The number of aryl methyl sites for hydroxylation is 1. The maximum atomic E-state index is 10.8. The Hall–Kier alpha value is -1.30. The molecule has 98 valence electrons. The van der Waals surface area contributed by atoms with E-state index in [1.807, 2.05) is 11.8 Å². The van der Waals surface area contributed by atoms with Crippen LogP contribution in [-0.2, 0) is 0 Å². The maximum absolute atomic E-state index is 10.8. The molecule has 2 rings (SSSR count). The van der Waals surface area contributed by atoms with Crippen LogP contribution in [0.5, 0.6) is 0 Å². The highest BCUT2D eigenvalue weighted by Crippen LogP contribution is 2.22. The summed E-state index contributed by atoms with van der Waals surface area (Å²) in [5, 5.41) is 12.1. The molecule has 1 fully saturated rings. The lowest BCUT2D eigenvalue weighted by atomic mass is 10.0. The second-order valence-electron chi connectivity index (χ2n) is 4.43. The molecule has 6 heteroatoms. The Bertz CT molecular complexity index is 433. The Morgan fingerprint density at radius 2 is 2.28 bits per heavy atom. The van der Waals surface area contributed by atoms with Gasteiger partial charge in [-0.2, -0.15) is 11.8 Å². The van der Waals surface area contributed by atoms with Crippen molar-refractivity contribution in [2.45, 2.75) is 19.8 Å². The fraction of sp³-hybridized carbons (Fsp3) is 0.583. The largest absolute Gasteiger partial charge is 0.478 e. The van der Waals surface area contributed by atoms with E-state index in [0.717, 1.165) is 6.54 Å². The van der Waals surface area contributed by atoms with Crippen LogP contribution in [0.4, 0.5) is 5.95 Å². The van der Waals surface area contributed by atoms with Gasteiger partial charge in [0.2, 0.25) is 5.95 Å². The van der Waals surface area contributed by atoms with Crippen molar-refractivity contribution in [2.75, 3.05) is 23.4 Å². The number of nitrogens with one attached hydrogen (secondary N) is 1. The third kappa shape index (κ3) is 3.35. The van der Waals surface area contributed by atoms with Crippen LogP contribution in [0, 0.1) is 12.8 Å². The zero-order chi connectivity index (χ0) is 13.0. The molecule has 1 aromatic heterocycles. The first kappa shape index (κ1) is 13.1. The van der Waals surface area contributed by atoms with E-state index in [1.54, 1.807) is 6.92 Å². The van der Waals surface area contributed by atoms with Gasteiger partial charge in [-0.3, -0.25) is 0 Å². The van der Waals surface area contributed by atoms with Crippen molar-refractivity contribution in [3.8, 4) is 0 Å². The number of rotatable bonds is 4. The van der Waals surface area contributed by atoms with Gasteiger partial charge in [0.25, 0.3) is 0 Å². The highest BCUT2D eigenvalue weighted by molar-refractivity contribution is 7.99. The molecule has 1 saturated heterocycles. The molecule has 5 nitrogen and oxygen atoms in total. The highest BCUT2D eigenvalue weighted by atomic mass is 32.2. The molecule has 0 unspecified atom stereocenters. The quantitative estimate of drug-likeness (QED) is 0.869. The van der Waals surface area contributed by atoms with Crippen molar-refractivity contribution in [3.63, 3.8) is 0 Å². The Morgan fingerprint density at radius 1 is 1.56 bits per heavy atom. The van der Waals surface area contributed by atoms with Gasteiger partial charge in [-0.1, -0.05) is 0 Å². The predicted molar refractivity (Wildman–Crippen MR) is 72.3 cm³/mol. The second-order valence-corrected chi connectivity index (χ2v) is 5.66. The minimum absolute atomic E-state index is 0.162. The molecule has 1 aromatic rings. The molecule has 18 heavy (non-hydrogen) atoms. The number of nitrogens with zero attached hydrogens (tertiary/aromatic N) is 2. The molecule has 1 aliphatic rings. The smallest absolute Gasteiger partial charge is 0.339 e. The molecular weight excluding hydrogens is 250 g/mol. The van der Waals surface area contributed by atoms with Gasteiger partial charge in [-0.25, -0.2) is 14.8 Å². The summed E-state index contributed by atoms with van der Waals surface area (Å²) >= 11 is 2.00. The van der Waals surface area contributed by atoms with Crippen LogP contribution in [0.3, 0.4) is 0 Å². The lowest BCUT2D eigenvalue weighted by molar-refractivity contribution is 0.0695. The zero-order valence-electron chi connectivity index (χ0n) is 10.3. The maximum Gasteiger partial charge on any atom is 0.339 e. The standard InChI is InChI=1S/C12H17N3O2S/c1-8-10(11(16)17)7-14-12(15-8)13-6-9-2-4-18-5-3-9/h7,9H,2-6H2,1H3,(H,16,17)(H,13,14,15). The van der Waals surface area contributed by atoms with Gasteiger partial charge >= 0.3 is 5.97 Å². The van der Waals surface area contributed by atoms with Crippen molar-refractivity contribution in [2.24, 2.45) is 5.92 Å². The summed E-state index contributed by atoms with van der Waals surface area (Å²) < 4.78 is 0. The molecule has 0 saturated carbocycles. The minimum atomic E-state index is -0.983. The van der Waals surface area contributed by atoms with E-state index in [-0.39, 0.29) is 5.56 Å². The highest BCUT2D eigenvalue weighted by Gasteiger charge is 2.14. The average Bonchev–Trinajstić information content (AvgIpc) is 2.37. The number of thioether (sulfide) groups is 1. The van der Waals surface area contributed by atoms with Crippen molar-refractivity contribution in [1.82, 2.24) is 9.97 Å². The second kappa shape index (κ2) is 6.04. The van der Waals surface area contributed by atoms with Crippen LogP contribution < -0.4 is 5.32 Å². The molecule has 2 N–H and O–H groups in total. The molecular formula is C12H17N3O2S. The lowest BCUT2D eigenvalue weighted by Gasteiger charge is -2.21. The summed E-state index contributed by atoms with van der Waals surface area (Å²) in [5.74, 6) is 2.67. The monoisotopic (exact) mass is 267 g/mol. The minimum Gasteiger partial charge on any atom is -0.478 e. The van der Waals surface area contributed by atoms with Crippen molar-refractivity contribution in [1.29, 1.82) is 0 Å². The first-order valence-electron chi connectivity index (χ1n) is 6.05. The van der Waals surface area contributed by atoms with Crippen LogP contribution in [0.15, 0.2) is 6.20 Å². The molecule has 0 aliphatic carbocycles. The van der Waals surface area contributed by atoms with E-state index < -0.39 is 5.97 Å². The molecule has 0 spiro atoms. The molecule has 2 heterocycles. The topological polar surface area (TPSA) is 75.1 Å². The Morgan fingerprint density at radius 3 is 2.89 bits per heavy atom. The van der Waals surface area contributed by atoms with Crippen LogP contribution in [-0.4, -0.2) is 39.1 Å². The summed E-state index contributed by atoms with van der Waals surface area (Å²) in [6.45, 7) is 2.56. The SMILES string of the molecule is Cc1nc(NCC2CCSCC2)ncc1C(=O)O. The fourth-order valence-electron chi connectivity index (χ4n) is 1.95. The number of anilines is 1. The fourth-order valence-corrected chi connectivity index (χ4v) is 3.15. The van der Waals surface area contributed by atoms with Crippen LogP contribution >= 0.6 is 11.8 Å². The van der Waals surface area contributed by atoms with Crippen LogP contribution in [0.25, 0.3) is 0 Å².